The first kappa shape index (κ1) is 15.6. The fraction of sp³-hybridized carbons (Fsp3) is 0.188. The van der Waals surface area contributed by atoms with E-state index in [0.29, 0.717) is 15.7 Å². The fourth-order valence-electron chi connectivity index (χ4n) is 2.05. The van der Waals surface area contributed by atoms with Crippen molar-refractivity contribution in [3.8, 4) is 16.3 Å². The van der Waals surface area contributed by atoms with Crippen LogP contribution in [-0.2, 0) is 0 Å². The molecule has 5 nitrogen and oxygen atoms in total. The standard InChI is InChI=1S/C16H15N3O2S2/c1-9-8-22-16(17-9)19-14(20)13-10(2)18-15(23-13)11-5-4-6-12(7-11)21-3/h4-8H,1-3H3,(H,17,19,20). The molecule has 0 unspecified atom stereocenters. The smallest absolute Gasteiger partial charge is 0.269 e. The first-order valence-corrected chi connectivity index (χ1v) is 8.62. The number of aromatic nitrogens is 2. The number of rotatable bonds is 4. The number of nitrogens with one attached hydrogen (secondary N) is 1. The van der Waals surface area contributed by atoms with Crippen LogP contribution in [0.4, 0.5) is 5.13 Å². The summed E-state index contributed by atoms with van der Waals surface area (Å²) in [5.41, 5.74) is 2.53. The van der Waals surface area contributed by atoms with Crippen LogP contribution < -0.4 is 10.1 Å². The molecule has 0 fully saturated rings. The number of carbonyl (C=O) groups is 1. The van der Waals surface area contributed by atoms with Crippen molar-refractivity contribution in [3.63, 3.8) is 0 Å². The van der Waals surface area contributed by atoms with Gasteiger partial charge in [0.05, 0.1) is 18.5 Å². The average molecular weight is 345 g/mol. The van der Waals surface area contributed by atoms with Gasteiger partial charge >= 0.3 is 0 Å². The molecule has 0 bridgehead atoms. The van der Waals surface area contributed by atoms with E-state index in [1.54, 1.807) is 7.11 Å². The summed E-state index contributed by atoms with van der Waals surface area (Å²) in [7, 11) is 1.63. The highest BCUT2D eigenvalue weighted by Gasteiger charge is 2.17. The van der Waals surface area contributed by atoms with Crippen molar-refractivity contribution in [2.45, 2.75) is 13.8 Å². The number of amides is 1. The van der Waals surface area contributed by atoms with Gasteiger partial charge in [0, 0.05) is 10.9 Å². The number of thiazole rings is 2. The van der Waals surface area contributed by atoms with Crippen LogP contribution in [0.3, 0.4) is 0 Å². The Labute approximate surface area is 142 Å². The highest BCUT2D eigenvalue weighted by molar-refractivity contribution is 7.17. The highest BCUT2D eigenvalue weighted by atomic mass is 32.1. The Morgan fingerprint density at radius 3 is 2.78 bits per heavy atom. The summed E-state index contributed by atoms with van der Waals surface area (Å²) in [5.74, 6) is 0.586. The van der Waals surface area contributed by atoms with Crippen molar-refractivity contribution < 1.29 is 9.53 Å². The van der Waals surface area contributed by atoms with Gasteiger partial charge in [-0.1, -0.05) is 12.1 Å². The summed E-state index contributed by atoms with van der Waals surface area (Å²) in [6.07, 6.45) is 0. The van der Waals surface area contributed by atoms with E-state index >= 15 is 0 Å². The molecule has 1 aromatic carbocycles. The number of benzene rings is 1. The van der Waals surface area contributed by atoms with Gasteiger partial charge in [-0.15, -0.1) is 22.7 Å². The predicted octanol–water partition coefficient (Wildman–Crippen LogP) is 4.14. The van der Waals surface area contributed by atoms with E-state index in [1.807, 2.05) is 43.5 Å². The number of anilines is 1. The van der Waals surface area contributed by atoms with Gasteiger partial charge in [-0.25, -0.2) is 9.97 Å². The molecule has 3 rings (SSSR count). The fourth-order valence-corrected chi connectivity index (χ4v) is 3.69. The van der Waals surface area contributed by atoms with Crippen LogP contribution in [0.2, 0.25) is 0 Å². The van der Waals surface area contributed by atoms with Crippen molar-refractivity contribution >= 4 is 33.7 Å². The number of nitrogens with zero attached hydrogens (tertiary/aromatic N) is 2. The summed E-state index contributed by atoms with van der Waals surface area (Å²) in [6.45, 7) is 3.73. The molecule has 7 heteroatoms. The van der Waals surface area contributed by atoms with Gasteiger partial charge in [-0.2, -0.15) is 0 Å². The van der Waals surface area contributed by atoms with Gasteiger partial charge in [-0.3, -0.25) is 10.1 Å². The molecule has 0 saturated heterocycles. The maximum atomic E-state index is 12.4. The van der Waals surface area contributed by atoms with Crippen LogP contribution in [0, 0.1) is 13.8 Å². The molecule has 0 aliphatic rings. The Kier molecular flexibility index (Phi) is 4.40. The molecule has 1 amide bonds. The molecule has 23 heavy (non-hydrogen) atoms. The van der Waals surface area contributed by atoms with Crippen molar-refractivity contribution in [2.75, 3.05) is 12.4 Å². The Morgan fingerprint density at radius 2 is 2.09 bits per heavy atom. The predicted molar refractivity (Wildman–Crippen MR) is 93.6 cm³/mol. The second kappa shape index (κ2) is 6.47. The number of carbonyl (C=O) groups excluding carboxylic acids is 1. The second-order valence-electron chi connectivity index (χ2n) is 4.91. The molecule has 0 spiro atoms. The molecule has 3 aromatic rings. The molecule has 0 atom stereocenters. The summed E-state index contributed by atoms with van der Waals surface area (Å²) < 4.78 is 5.23. The van der Waals surface area contributed by atoms with Crippen LogP contribution in [0.25, 0.3) is 10.6 Å². The third-order valence-electron chi connectivity index (χ3n) is 3.16. The lowest BCUT2D eigenvalue weighted by molar-refractivity contribution is 0.103. The van der Waals surface area contributed by atoms with E-state index in [2.05, 4.69) is 15.3 Å². The van der Waals surface area contributed by atoms with E-state index < -0.39 is 0 Å². The molecule has 118 valence electrons. The SMILES string of the molecule is COc1cccc(-c2nc(C)c(C(=O)Nc3nc(C)cs3)s2)c1. The normalized spacial score (nSPS) is 10.6. The van der Waals surface area contributed by atoms with Gasteiger partial charge in [0.25, 0.3) is 5.91 Å². The van der Waals surface area contributed by atoms with Gasteiger partial charge < -0.3 is 4.74 Å². The average Bonchev–Trinajstić information content (AvgIpc) is 3.13. The molecule has 2 aromatic heterocycles. The maximum absolute atomic E-state index is 12.4. The lowest BCUT2D eigenvalue weighted by Gasteiger charge is -2.01. The third-order valence-corrected chi connectivity index (χ3v) is 5.24. The van der Waals surface area contributed by atoms with E-state index in [-0.39, 0.29) is 5.91 Å². The largest absolute Gasteiger partial charge is 0.497 e. The molecule has 1 N–H and O–H groups in total. The van der Waals surface area contributed by atoms with Gasteiger partial charge in [-0.05, 0) is 26.0 Å². The Bertz CT molecular complexity index is 855. The van der Waals surface area contributed by atoms with Crippen LogP contribution in [0.1, 0.15) is 21.1 Å². The first-order chi connectivity index (χ1) is 11.1. The zero-order valence-electron chi connectivity index (χ0n) is 12.9. The molecule has 0 saturated carbocycles. The zero-order valence-corrected chi connectivity index (χ0v) is 14.5. The van der Waals surface area contributed by atoms with Crippen molar-refractivity contribution in [1.82, 2.24) is 9.97 Å². The topological polar surface area (TPSA) is 64.1 Å². The first-order valence-electron chi connectivity index (χ1n) is 6.92. The number of ether oxygens (including phenoxy) is 1. The maximum Gasteiger partial charge on any atom is 0.269 e. The van der Waals surface area contributed by atoms with E-state index in [4.69, 9.17) is 4.74 Å². The number of hydrogen-bond acceptors (Lipinski definition) is 6. The van der Waals surface area contributed by atoms with Gasteiger partial charge in [0.2, 0.25) is 0 Å². The summed E-state index contributed by atoms with van der Waals surface area (Å²) in [4.78, 5) is 21.8. The number of methoxy groups -OCH3 is 1. The lowest BCUT2D eigenvalue weighted by Crippen LogP contribution is -2.11. The van der Waals surface area contributed by atoms with Crippen molar-refractivity contribution in [3.05, 3.63) is 45.9 Å². The Hall–Kier alpha value is -2.25. The zero-order chi connectivity index (χ0) is 16.4. The van der Waals surface area contributed by atoms with Crippen molar-refractivity contribution in [2.24, 2.45) is 0 Å². The quantitative estimate of drug-likeness (QED) is 0.772. The second-order valence-corrected chi connectivity index (χ2v) is 6.77. The Morgan fingerprint density at radius 1 is 1.26 bits per heavy atom. The van der Waals surface area contributed by atoms with Crippen molar-refractivity contribution in [1.29, 1.82) is 0 Å². The van der Waals surface area contributed by atoms with E-state index in [0.717, 1.165) is 22.0 Å². The molecular weight excluding hydrogens is 330 g/mol. The molecule has 2 heterocycles. The summed E-state index contributed by atoms with van der Waals surface area (Å²) in [5, 5.41) is 6.11. The van der Waals surface area contributed by atoms with Gasteiger partial charge in [0.1, 0.15) is 15.6 Å². The number of aryl methyl sites for hydroxylation is 2. The molecule has 0 aliphatic heterocycles. The molecular formula is C16H15N3O2S2. The minimum absolute atomic E-state index is 0.177. The Balaban J connectivity index is 1.86. The number of hydrogen-bond donors (Lipinski definition) is 1. The summed E-state index contributed by atoms with van der Waals surface area (Å²) in [6, 6.07) is 7.64. The minimum Gasteiger partial charge on any atom is -0.497 e. The lowest BCUT2D eigenvalue weighted by atomic mass is 10.2. The van der Waals surface area contributed by atoms with Crippen LogP contribution in [-0.4, -0.2) is 23.0 Å². The summed E-state index contributed by atoms with van der Waals surface area (Å²) >= 11 is 2.78. The van der Waals surface area contributed by atoms with Crippen LogP contribution in [0.5, 0.6) is 5.75 Å². The van der Waals surface area contributed by atoms with Crippen LogP contribution >= 0.6 is 22.7 Å². The third kappa shape index (κ3) is 3.40. The monoisotopic (exact) mass is 345 g/mol. The minimum atomic E-state index is -0.177. The van der Waals surface area contributed by atoms with E-state index in [9.17, 15) is 4.79 Å². The highest BCUT2D eigenvalue weighted by Crippen LogP contribution is 2.30. The van der Waals surface area contributed by atoms with Gasteiger partial charge in [0.15, 0.2) is 5.13 Å². The van der Waals surface area contributed by atoms with E-state index in [1.165, 1.54) is 22.7 Å². The van der Waals surface area contributed by atoms with Crippen LogP contribution in [0.15, 0.2) is 29.6 Å². The molecule has 0 radical (unpaired) electrons. The molecule has 0 aliphatic carbocycles.